The second kappa shape index (κ2) is 8.06. The van der Waals surface area contributed by atoms with Gasteiger partial charge in [0.25, 0.3) is 0 Å². The normalized spacial score (nSPS) is 11.5. The molecule has 0 aliphatic rings. The van der Waals surface area contributed by atoms with E-state index in [0.717, 1.165) is 33.2 Å². The van der Waals surface area contributed by atoms with Crippen molar-refractivity contribution in [1.82, 2.24) is 4.57 Å². The summed E-state index contributed by atoms with van der Waals surface area (Å²) in [6.07, 6.45) is 0. The molecule has 0 atom stereocenters. The van der Waals surface area contributed by atoms with Crippen LogP contribution in [0.4, 0.5) is 5.69 Å². The molecule has 1 aromatic heterocycles. The molecule has 0 aliphatic heterocycles. The van der Waals surface area contributed by atoms with Crippen LogP contribution in [0.1, 0.15) is 6.92 Å². The van der Waals surface area contributed by atoms with E-state index in [9.17, 15) is 0 Å². The second-order valence-corrected chi connectivity index (χ2v) is 6.82. The molecule has 27 heavy (non-hydrogen) atoms. The lowest BCUT2D eigenvalue weighted by atomic mass is 10.1. The van der Waals surface area contributed by atoms with Crippen molar-refractivity contribution in [1.29, 1.82) is 0 Å². The van der Waals surface area contributed by atoms with Crippen LogP contribution in [0.5, 0.6) is 5.75 Å². The molecule has 0 saturated carbocycles. The molecule has 0 unspecified atom stereocenters. The zero-order valence-corrected chi connectivity index (χ0v) is 15.9. The molecule has 0 spiro atoms. The maximum atomic E-state index is 5.57. The number of benzene rings is 3. The van der Waals surface area contributed by atoms with Gasteiger partial charge in [0.15, 0.2) is 4.80 Å². The summed E-state index contributed by atoms with van der Waals surface area (Å²) in [5.74, 6) is 0.886. The van der Waals surface area contributed by atoms with E-state index in [-0.39, 0.29) is 0 Å². The van der Waals surface area contributed by atoms with Gasteiger partial charge in [0.05, 0.1) is 18.0 Å². The van der Waals surface area contributed by atoms with Gasteiger partial charge in [-0.3, -0.25) is 4.57 Å². The molecule has 0 N–H and O–H groups in total. The molecule has 0 radical (unpaired) electrons. The first-order chi connectivity index (χ1) is 13.3. The Morgan fingerprint density at radius 1 is 0.852 bits per heavy atom. The van der Waals surface area contributed by atoms with Gasteiger partial charge in [0, 0.05) is 11.1 Å². The molecule has 0 fully saturated rings. The highest BCUT2D eigenvalue weighted by molar-refractivity contribution is 7.07. The van der Waals surface area contributed by atoms with E-state index in [2.05, 4.69) is 34.2 Å². The van der Waals surface area contributed by atoms with E-state index in [0.29, 0.717) is 6.61 Å². The molecule has 0 aliphatic carbocycles. The number of aromatic nitrogens is 1. The standard InChI is InChI=1S/C23H20N2OS/c1-2-26-21-15-13-18(14-16-21)22-17-27-23(24-19-9-5-3-6-10-19)25(22)20-11-7-4-8-12-20/h3-17H,2H2,1H3. The first kappa shape index (κ1) is 17.3. The lowest BCUT2D eigenvalue weighted by Crippen LogP contribution is -2.13. The predicted octanol–water partition coefficient (Wildman–Crippen LogP) is 5.84. The monoisotopic (exact) mass is 372 g/mol. The van der Waals surface area contributed by atoms with Crippen molar-refractivity contribution in [2.24, 2.45) is 4.99 Å². The minimum atomic E-state index is 0.669. The Labute approximate surface area is 162 Å². The largest absolute Gasteiger partial charge is 0.494 e. The molecule has 4 rings (SSSR count). The topological polar surface area (TPSA) is 26.5 Å². The van der Waals surface area contributed by atoms with E-state index in [4.69, 9.17) is 9.73 Å². The average molecular weight is 372 g/mol. The predicted molar refractivity (Wildman–Crippen MR) is 112 cm³/mol. The summed E-state index contributed by atoms with van der Waals surface area (Å²) < 4.78 is 7.77. The van der Waals surface area contributed by atoms with Gasteiger partial charge in [-0.15, -0.1) is 11.3 Å². The number of para-hydroxylation sites is 2. The van der Waals surface area contributed by atoms with Gasteiger partial charge < -0.3 is 4.74 Å². The van der Waals surface area contributed by atoms with Gasteiger partial charge in [-0.25, -0.2) is 4.99 Å². The Morgan fingerprint density at radius 2 is 1.52 bits per heavy atom. The van der Waals surface area contributed by atoms with Crippen LogP contribution in [0.25, 0.3) is 16.9 Å². The number of hydrogen-bond acceptors (Lipinski definition) is 3. The van der Waals surface area contributed by atoms with E-state index >= 15 is 0 Å². The summed E-state index contributed by atoms with van der Waals surface area (Å²) in [6.45, 7) is 2.66. The van der Waals surface area contributed by atoms with Crippen LogP contribution in [0.3, 0.4) is 0 Å². The molecule has 3 nitrogen and oxygen atoms in total. The Bertz CT molecular complexity index is 1060. The van der Waals surface area contributed by atoms with Crippen molar-refractivity contribution in [3.63, 3.8) is 0 Å². The minimum Gasteiger partial charge on any atom is -0.494 e. The first-order valence-corrected chi connectivity index (χ1v) is 9.82. The zero-order chi connectivity index (χ0) is 18.5. The molecule has 1 heterocycles. The summed E-state index contributed by atoms with van der Waals surface area (Å²) in [6, 6.07) is 28.6. The molecule has 134 valence electrons. The van der Waals surface area contributed by atoms with Crippen molar-refractivity contribution < 1.29 is 4.74 Å². The third kappa shape index (κ3) is 3.86. The number of rotatable bonds is 5. The highest BCUT2D eigenvalue weighted by atomic mass is 32.1. The van der Waals surface area contributed by atoms with Crippen molar-refractivity contribution >= 4 is 17.0 Å². The zero-order valence-electron chi connectivity index (χ0n) is 15.1. The fourth-order valence-corrected chi connectivity index (χ4v) is 3.84. The Morgan fingerprint density at radius 3 is 2.19 bits per heavy atom. The third-order valence-corrected chi connectivity index (χ3v) is 4.99. The molecule has 4 aromatic rings. The number of hydrogen-bond donors (Lipinski definition) is 0. The summed E-state index contributed by atoms with van der Waals surface area (Å²) in [4.78, 5) is 5.81. The second-order valence-electron chi connectivity index (χ2n) is 5.98. The van der Waals surface area contributed by atoms with Crippen LogP contribution >= 0.6 is 11.3 Å². The average Bonchev–Trinajstić information content (AvgIpc) is 3.14. The van der Waals surface area contributed by atoms with Crippen molar-refractivity contribution in [3.8, 4) is 22.7 Å². The summed E-state index contributed by atoms with van der Waals surface area (Å²) in [5.41, 5.74) is 4.29. The summed E-state index contributed by atoms with van der Waals surface area (Å²) in [5, 5.41) is 2.16. The Balaban J connectivity index is 1.86. The van der Waals surface area contributed by atoms with Gasteiger partial charge in [0.2, 0.25) is 0 Å². The highest BCUT2D eigenvalue weighted by Crippen LogP contribution is 2.26. The summed E-state index contributed by atoms with van der Waals surface area (Å²) in [7, 11) is 0. The van der Waals surface area contributed by atoms with E-state index in [1.54, 1.807) is 11.3 Å². The number of nitrogens with zero attached hydrogens (tertiary/aromatic N) is 2. The van der Waals surface area contributed by atoms with Crippen molar-refractivity contribution in [2.75, 3.05) is 6.61 Å². The van der Waals surface area contributed by atoms with Gasteiger partial charge in [0.1, 0.15) is 5.75 Å². The maximum Gasteiger partial charge on any atom is 0.195 e. The van der Waals surface area contributed by atoms with Crippen LogP contribution in [-0.4, -0.2) is 11.2 Å². The molecular formula is C23H20N2OS. The molecule has 3 aromatic carbocycles. The SMILES string of the molecule is CCOc1ccc(-c2csc(=Nc3ccccc3)n2-c2ccccc2)cc1. The Kier molecular flexibility index (Phi) is 5.17. The minimum absolute atomic E-state index is 0.669. The van der Waals surface area contributed by atoms with Gasteiger partial charge in [-0.2, -0.15) is 0 Å². The fourth-order valence-electron chi connectivity index (χ4n) is 2.92. The van der Waals surface area contributed by atoms with Crippen LogP contribution in [0.2, 0.25) is 0 Å². The van der Waals surface area contributed by atoms with E-state index in [1.165, 1.54) is 0 Å². The van der Waals surface area contributed by atoms with E-state index < -0.39 is 0 Å². The first-order valence-electron chi connectivity index (χ1n) is 8.94. The highest BCUT2D eigenvalue weighted by Gasteiger charge is 2.10. The number of thiazole rings is 1. The third-order valence-electron chi connectivity index (χ3n) is 4.16. The lowest BCUT2D eigenvalue weighted by Gasteiger charge is -2.10. The Hall–Kier alpha value is -3.11. The van der Waals surface area contributed by atoms with Gasteiger partial charge >= 0.3 is 0 Å². The van der Waals surface area contributed by atoms with Crippen molar-refractivity contribution in [3.05, 3.63) is 95.1 Å². The van der Waals surface area contributed by atoms with E-state index in [1.807, 2.05) is 67.6 Å². The van der Waals surface area contributed by atoms with Crippen LogP contribution < -0.4 is 9.54 Å². The summed E-state index contributed by atoms with van der Waals surface area (Å²) >= 11 is 1.64. The fraction of sp³-hybridized carbons (Fsp3) is 0.0870. The molecule has 4 heteroatoms. The lowest BCUT2D eigenvalue weighted by molar-refractivity contribution is 0.340. The quantitative estimate of drug-likeness (QED) is 0.432. The molecular weight excluding hydrogens is 352 g/mol. The smallest absolute Gasteiger partial charge is 0.195 e. The molecule has 0 amide bonds. The van der Waals surface area contributed by atoms with Crippen LogP contribution in [0.15, 0.2) is 95.3 Å². The van der Waals surface area contributed by atoms with Gasteiger partial charge in [-0.1, -0.05) is 36.4 Å². The van der Waals surface area contributed by atoms with Gasteiger partial charge in [-0.05, 0) is 61.0 Å². The number of ether oxygens (including phenoxy) is 1. The van der Waals surface area contributed by atoms with Crippen LogP contribution in [-0.2, 0) is 0 Å². The van der Waals surface area contributed by atoms with Crippen LogP contribution in [0, 0.1) is 0 Å². The maximum absolute atomic E-state index is 5.57. The molecule has 0 bridgehead atoms. The van der Waals surface area contributed by atoms with Crippen molar-refractivity contribution in [2.45, 2.75) is 6.92 Å². The molecule has 0 saturated heterocycles.